The molecule has 0 N–H and O–H groups in total. The van der Waals surface area contributed by atoms with Crippen LogP contribution in [0.15, 0.2) is 71.5 Å². The van der Waals surface area contributed by atoms with Gasteiger partial charge in [-0.25, -0.2) is 4.68 Å². The highest BCUT2D eigenvalue weighted by atomic mass is 16.6. The number of benzene rings is 2. The second-order valence-corrected chi connectivity index (χ2v) is 7.22. The molecule has 0 radical (unpaired) electrons. The second kappa shape index (κ2) is 8.78. The lowest BCUT2D eigenvalue weighted by molar-refractivity contribution is -0.384. The van der Waals surface area contributed by atoms with Gasteiger partial charge in [-0.2, -0.15) is 5.10 Å². The summed E-state index contributed by atoms with van der Waals surface area (Å²) in [6.45, 7) is 2.11. The van der Waals surface area contributed by atoms with E-state index in [-0.39, 0.29) is 23.7 Å². The third-order valence-corrected chi connectivity index (χ3v) is 5.28. The molecule has 158 valence electrons. The number of anilines is 1. The summed E-state index contributed by atoms with van der Waals surface area (Å²) in [5.41, 5.74) is 2.12. The Kier molecular flexibility index (Phi) is 5.74. The molecule has 2 heterocycles. The lowest BCUT2D eigenvalue weighted by atomic mass is 10.1. The minimum absolute atomic E-state index is 0.0493. The highest BCUT2D eigenvalue weighted by Gasteiger charge is 2.22. The molecule has 1 amide bonds. The van der Waals surface area contributed by atoms with E-state index in [1.165, 1.54) is 22.9 Å². The zero-order valence-corrected chi connectivity index (χ0v) is 16.8. The lowest BCUT2D eigenvalue weighted by Crippen LogP contribution is -2.50. The van der Waals surface area contributed by atoms with E-state index in [9.17, 15) is 19.7 Å². The Balaban J connectivity index is 1.39. The van der Waals surface area contributed by atoms with E-state index in [1.807, 2.05) is 30.3 Å². The molecule has 31 heavy (non-hydrogen) atoms. The first-order valence-electron chi connectivity index (χ1n) is 9.92. The fraction of sp³-hybridized carbons (Fsp3) is 0.227. The van der Waals surface area contributed by atoms with Crippen LogP contribution in [0.2, 0.25) is 0 Å². The molecule has 0 unspecified atom stereocenters. The van der Waals surface area contributed by atoms with Crippen molar-refractivity contribution < 1.29 is 9.72 Å². The Hall–Kier alpha value is -4.01. The van der Waals surface area contributed by atoms with Crippen LogP contribution in [0.1, 0.15) is 0 Å². The molecule has 0 atom stereocenters. The summed E-state index contributed by atoms with van der Waals surface area (Å²) < 4.78 is 1.20. The summed E-state index contributed by atoms with van der Waals surface area (Å²) in [7, 11) is 0. The largest absolute Gasteiger partial charge is 0.368 e. The summed E-state index contributed by atoms with van der Waals surface area (Å²) >= 11 is 0. The Labute approximate surface area is 178 Å². The van der Waals surface area contributed by atoms with Crippen molar-refractivity contribution >= 4 is 17.3 Å². The fourth-order valence-corrected chi connectivity index (χ4v) is 3.55. The van der Waals surface area contributed by atoms with Crippen molar-refractivity contribution in [3.63, 3.8) is 0 Å². The number of nitro groups is 1. The maximum Gasteiger partial charge on any atom is 0.269 e. The molecular formula is C22H21N5O4. The summed E-state index contributed by atoms with van der Waals surface area (Å²) in [6, 6.07) is 18.9. The zero-order valence-electron chi connectivity index (χ0n) is 16.8. The molecule has 1 saturated heterocycles. The predicted molar refractivity (Wildman–Crippen MR) is 116 cm³/mol. The van der Waals surface area contributed by atoms with Gasteiger partial charge < -0.3 is 9.80 Å². The predicted octanol–water partition coefficient (Wildman–Crippen LogP) is 2.17. The van der Waals surface area contributed by atoms with Gasteiger partial charge in [0.2, 0.25) is 5.91 Å². The summed E-state index contributed by atoms with van der Waals surface area (Å²) in [6.07, 6.45) is 0. The van der Waals surface area contributed by atoms with Crippen LogP contribution in [0.5, 0.6) is 0 Å². The third kappa shape index (κ3) is 4.61. The SMILES string of the molecule is O=C(Cn1nc(-c2ccccc2)ccc1=O)N1CCN(c2ccc([N+](=O)[O-])cc2)CC1. The van der Waals surface area contributed by atoms with Crippen LogP contribution >= 0.6 is 0 Å². The Bertz CT molecular complexity index is 1140. The molecule has 0 saturated carbocycles. The number of carbonyl (C=O) groups is 1. The fourth-order valence-electron chi connectivity index (χ4n) is 3.55. The smallest absolute Gasteiger partial charge is 0.269 e. The molecule has 4 rings (SSSR count). The maximum atomic E-state index is 12.8. The number of amides is 1. The number of carbonyl (C=O) groups excluding carboxylic acids is 1. The quantitative estimate of drug-likeness (QED) is 0.464. The van der Waals surface area contributed by atoms with E-state index in [0.717, 1.165) is 11.3 Å². The number of nitro benzene ring substituents is 1. The molecule has 0 aliphatic carbocycles. The average Bonchev–Trinajstić information content (AvgIpc) is 2.81. The third-order valence-electron chi connectivity index (χ3n) is 5.28. The van der Waals surface area contributed by atoms with Gasteiger partial charge in [0.05, 0.1) is 10.6 Å². The highest BCUT2D eigenvalue weighted by Crippen LogP contribution is 2.21. The van der Waals surface area contributed by atoms with Gasteiger partial charge >= 0.3 is 0 Å². The van der Waals surface area contributed by atoms with Crippen LogP contribution in [-0.4, -0.2) is 51.7 Å². The van der Waals surface area contributed by atoms with Crippen LogP contribution in [-0.2, 0) is 11.3 Å². The molecular weight excluding hydrogens is 398 g/mol. The number of piperazine rings is 1. The lowest BCUT2D eigenvalue weighted by Gasteiger charge is -2.36. The van der Waals surface area contributed by atoms with E-state index in [1.54, 1.807) is 23.1 Å². The van der Waals surface area contributed by atoms with Gasteiger partial charge in [0.15, 0.2) is 0 Å². The molecule has 0 spiro atoms. The molecule has 2 aromatic carbocycles. The molecule has 3 aromatic rings. The van der Waals surface area contributed by atoms with Crippen molar-refractivity contribution in [3.05, 3.63) is 87.2 Å². The molecule has 1 fully saturated rings. The van der Waals surface area contributed by atoms with E-state index in [2.05, 4.69) is 10.00 Å². The van der Waals surface area contributed by atoms with E-state index < -0.39 is 4.92 Å². The molecule has 9 nitrogen and oxygen atoms in total. The molecule has 1 aromatic heterocycles. The van der Waals surface area contributed by atoms with Crippen LogP contribution in [0.4, 0.5) is 11.4 Å². The zero-order chi connectivity index (χ0) is 21.8. The Morgan fingerprint density at radius 1 is 0.935 bits per heavy atom. The monoisotopic (exact) mass is 419 g/mol. The minimum Gasteiger partial charge on any atom is -0.368 e. The van der Waals surface area contributed by atoms with Crippen LogP contribution in [0.25, 0.3) is 11.3 Å². The summed E-state index contributed by atoms with van der Waals surface area (Å²) in [5.74, 6) is -0.164. The molecule has 1 aliphatic rings. The van der Waals surface area contributed by atoms with Crippen LogP contribution in [0, 0.1) is 10.1 Å². The van der Waals surface area contributed by atoms with Crippen molar-refractivity contribution in [2.45, 2.75) is 6.54 Å². The average molecular weight is 419 g/mol. The first kappa shape index (κ1) is 20.3. The van der Waals surface area contributed by atoms with Crippen molar-refractivity contribution in [3.8, 4) is 11.3 Å². The number of hydrogen-bond acceptors (Lipinski definition) is 6. The van der Waals surface area contributed by atoms with E-state index in [4.69, 9.17) is 0 Å². The van der Waals surface area contributed by atoms with Crippen molar-refractivity contribution in [1.82, 2.24) is 14.7 Å². The number of aromatic nitrogens is 2. The van der Waals surface area contributed by atoms with Gasteiger partial charge in [-0.1, -0.05) is 30.3 Å². The number of hydrogen-bond donors (Lipinski definition) is 0. The Morgan fingerprint density at radius 2 is 1.61 bits per heavy atom. The maximum absolute atomic E-state index is 12.8. The first-order chi connectivity index (χ1) is 15.0. The van der Waals surface area contributed by atoms with Crippen LogP contribution < -0.4 is 10.5 Å². The van der Waals surface area contributed by atoms with Crippen molar-refractivity contribution in [1.29, 1.82) is 0 Å². The normalized spacial score (nSPS) is 13.8. The molecule has 1 aliphatic heterocycles. The van der Waals surface area contributed by atoms with Gasteiger partial charge in [-0.05, 0) is 18.2 Å². The summed E-state index contributed by atoms with van der Waals surface area (Å²) in [4.78, 5) is 39.1. The van der Waals surface area contributed by atoms with Gasteiger partial charge in [0.1, 0.15) is 6.54 Å². The Morgan fingerprint density at radius 3 is 2.26 bits per heavy atom. The second-order valence-electron chi connectivity index (χ2n) is 7.22. The van der Waals surface area contributed by atoms with E-state index >= 15 is 0 Å². The van der Waals surface area contributed by atoms with E-state index in [0.29, 0.717) is 31.9 Å². The standard InChI is InChI=1S/C22H21N5O4/c28-21-11-10-20(17-4-2-1-3-5-17)23-26(21)16-22(29)25-14-12-24(13-15-25)18-6-8-19(9-7-18)27(30)31/h1-11H,12-16H2. The van der Waals surface area contributed by atoms with Crippen molar-refractivity contribution in [2.24, 2.45) is 0 Å². The van der Waals surface area contributed by atoms with Crippen LogP contribution in [0.3, 0.4) is 0 Å². The highest BCUT2D eigenvalue weighted by molar-refractivity contribution is 5.76. The first-order valence-corrected chi connectivity index (χ1v) is 9.92. The topological polar surface area (TPSA) is 102 Å². The summed E-state index contributed by atoms with van der Waals surface area (Å²) in [5, 5.41) is 15.2. The number of non-ortho nitro benzene ring substituents is 1. The van der Waals surface area contributed by atoms with Gasteiger partial charge in [-0.15, -0.1) is 0 Å². The van der Waals surface area contributed by atoms with Crippen molar-refractivity contribution in [2.75, 3.05) is 31.1 Å². The van der Waals surface area contributed by atoms with Gasteiger partial charge in [-0.3, -0.25) is 19.7 Å². The molecule has 0 bridgehead atoms. The number of nitrogens with zero attached hydrogens (tertiary/aromatic N) is 5. The minimum atomic E-state index is -0.427. The number of rotatable bonds is 5. The molecule has 9 heteroatoms. The van der Waals surface area contributed by atoms with Gasteiger partial charge in [0.25, 0.3) is 11.2 Å². The van der Waals surface area contributed by atoms with Gasteiger partial charge in [0, 0.05) is 55.6 Å².